The molecule has 0 bridgehead atoms. The molecule has 0 N–H and O–H groups in total. The summed E-state index contributed by atoms with van der Waals surface area (Å²) in [6.07, 6.45) is 0.607. The standard InChI is InChI=1S/C16H15ClO4S/c1-11(14-5-3-4-6-15(14)17)21-16(18)12-7-9-13(10-8-12)22(2,19)20/h3-11H,1-2H3/t11-/m1/s1. The van der Waals surface area contributed by atoms with Crippen LogP contribution in [0.5, 0.6) is 0 Å². The Morgan fingerprint density at radius 3 is 2.23 bits per heavy atom. The maximum atomic E-state index is 12.1. The number of carbonyl (C=O) groups excluding carboxylic acids is 1. The van der Waals surface area contributed by atoms with Gasteiger partial charge in [0.1, 0.15) is 6.10 Å². The highest BCUT2D eigenvalue weighted by Gasteiger charge is 2.16. The van der Waals surface area contributed by atoms with E-state index in [9.17, 15) is 13.2 Å². The molecule has 0 radical (unpaired) electrons. The molecule has 2 rings (SSSR count). The van der Waals surface area contributed by atoms with Crippen LogP contribution in [0.4, 0.5) is 0 Å². The molecular weight excluding hydrogens is 324 g/mol. The van der Waals surface area contributed by atoms with E-state index >= 15 is 0 Å². The Labute approximate surface area is 134 Å². The third-order valence-corrected chi connectivity index (χ3v) is 4.62. The molecule has 0 amide bonds. The minimum absolute atomic E-state index is 0.156. The minimum Gasteiger partial charge on any atom is -0.454 e. The molecule has 0 saturated heterocycles. The number of sulfone groups is 1. The highest BCUT2D eigenvalue weighted by molar-refractivity contribution is 7.90. The molecule has 0 aliphatic heterocycles. The molecule has 0 spiro atoms. The van der Waals surface area contributed by atoms with Gasteiger partial charge in [0, 0.05) is 16.8 Å². The second-order valence-electron chi connectivity index (χ2n) is 4.87. The first-order chi connectivity index (χ1) is 10.3. The van der Waals surface area contributed by atoms with E-state index in [1.54, 1.807) is 25.1 Å². The molecular formula is C16H15ClO4S. The van der Waals surface area contributed by atoms with Gasteiger partial charge in [0.2, 0.25) is 0 Å². The Morgan fingerprint density at radius 1 is 1.09 bits per heavy atom. The van der Waals surface area contributed by atoms with Gasteiger partial charge in [-0.05, 0) is 37.3 Å². The molecule has 0 heterocycles. The first-order valence-electron chi connectivity index (χ1n) is 6.54. The van der Waals surface area contributed by atoms with Gasteiger partial charge in [-0.3, -0.25) is 0 Å². The average molecular weight is 339 g/mol. The van der Waals surface area contributed by atoms with Gasteiger partial charge in [0.05, 0.1) is 10.5 Å². The molecule has 0 aromatic heterocycles. The van der Waals surface area contributed by atoms with Crippen molar-refractivity contribution in [3.05, 3.63) is 64.7 Å². The normalized spacial score (nSPS) is 12.7. The van der Waals surface area contributed by atoms with Crippen molar-refractivity contribution in [3.63, 3.8) is 0 Å². The summed E-state index contributed by atoms with van der Waals surface area (Å²) in [5.74, 6) is -0.535. The fourth-order valence-electron chi connectivity index (χ4n) is 1.94. The number of hydrogen-bond donors (Lipinski definition) is 0. The molecule has 0 saturated carbocycles. The first kappa shape index (κ1) is 16.5. The monoisotopic (exact) mass is 338 g/mol. The average Bonchev–Trinajstić information content (AvgIpc) is 2.46. The maximum absolute atomic E-state index is 12.1. The number of carbonyl (C=O) groups is 1. The van der Waals surface area contributed by atoms with E-state index in [1.165, 1.54) is 24.3 Å². The Bertz CT molecular complexity index is 782. The lowest BCUT2D eigenvalue weighted by molar-refractivity contribution is 0.0338. The zero-order valence-corrected chi connectivity index (χ0v) is 13.7. The second kappa shape index (κ2) is 6.50. The number of halogens is 1. The molecule has 6 heteroatoms. The van der Waals surface area contributed by atoms with Gasteiger partial charge in [0.15, 0.2) is 9.84 Å². The third kappa shape index (κ3) is 3.87. The number of esters is 1. The van der Waals surface area contributed by atoms with Crippen molar-refractivity contribution in [1.82, 2.24) is 0 Å². The molecule has 0 fully saturated rings. The lowest BCUT2D eigenvalue weighted by atomic mass is 10.1. The van der Waals surface area contributed by atoms with Crippen molar-refractivity contribution in [1.29, 1.82) is 0 Å². The molecule has 0 aliphatic rings. The Balaban J connectivity index is 2.14. The molecule has 2 aromatic rings. The molecule has 22 heavy (non-hydrogen) atoms. The van der Waals surface area contributed by atoms with Crippen LogP contribution in [0.15, 0.2) is 53.4 Å². The van der Waals surface area contributed by atoms with Crippen LogP contribution >= 0.6 is 11.6 Å². The lowest BCUT2D eigenvalue weighted by Crippen LogP contribution is -2.10. The van der Waals surface area contributed by atoms with Gasteiger partial charge in [-0.1, -0.05) is 29.8 Å². The van der Waals surface area contributed by atoms with Crippen molar-refractivity contribution < 1.29 is 17.9 Å². The van der Waals surface area contributed by atoms with Crippen LogP contribution in [0.3, 0.4) is 0 Å². The van der Waals surface area contributed by atoms with Crippen molar-refractivity contribution in [2.45, 2.75) is 17.9 Å². The van der Waals surface area contributed by atoms with Gasteiger partial charge in [-0.15, -0.1) is 0 Å². The smallest absolute Gasteiger partial charge is 0.338 e. The van der Waals surface area contributed by atoms with E-state index in [0.29, 0.717) is 10.6 Å². The van der Waals surface area contributed by atoms with Crippen LogP contribution in [0, 0.1) is 0 Å². The summed E-state index contributed by atoms with van der Waals surface area (Å²) in [6.45, 7) is 1.73. The summed E-state index contributed by atoms with van der Waals surface area (Å²) >= 11 is 6.06. The van der Waals surface area contributed by atoms with Gasteiger partial charge < -0.3 is 4.74 Å². The van der Waals surface area contributed by atoms with Crippen LogP contribution < -0.4 is 0 Å². The summed E-state index contributed by atoms with van der Waals surface area (Å²) in [5.41, 5.74) is 0.997. The van der Waals surface area contributed by atoms with E-state index in [0.717, 1.165) is 6.26 Å². The Morgan fingerprint density at radius 2 is 1.68 bits per heavy atom. The predicted molar refractivity (Wildman–Crippen MR) is 84.8 cm³/mol. The SMILES string of the molecule is C[C@@H](OC(=O)c1ccc(S(C)(=O)=O)cc1)c1ccccc1Cl. The van der Waals surface area contributed by atoms with Crippen molar-refractivity contribution >= 4 is 27.4 Å². The quantitative estimate of drug-likeness (QED) is 0.798. The van der Waals surface area contributed by atoms with E-state index in [2.05, 4.69) is 0 Å². The van der Waals surface area contributed by atoms with Crippen molar-refractivity contribution in [2.24, 2.45) is 0 Å². The predicted octanol–water partition coefficient (Wildman–Crippen LogP) is 3.66. The highest BCUT2D eigenvalue weighted by Crippen LogP contribution is 2.26. The number of rotatable bonds is 4. The van der Waals surface area contributed by atoms with Gasteiger partial charge in [-0.25, -0.2) is 13.2 Å². The fraction of sp³-hybridized carbons (Fsp3) is 0.188. The summed E-state index contributed by atoms with van der Waals surface area (Å²) in [5, 5.41) is 0.523. The Kier molecular flexibility index (Phi) is 4.88. The van der Waals surface area contributed by atoms with Gasteiger partial charge in [-0.2, -0.15) is 0 Å². The maximum Gasteiger partial charge on any atom is 0.338 e. The second-order valence-corrected chi connectivity index (χ2v) is 7.29. The molecule has 4 nitrogen and oxygen atoms in total. The minimum atomic E-state index is -3.29. The zero-order chi connectivity index (χ0) is 16.3. The number of hydrogen-bond acceptors (Lipinski definition) is 4. The summed E-state index contributed by atoms with van der Waals surface area (Å²) in [7, 11) is -3.29. The lowest BCUT2D eigenvalue weighted by Gasteiger charge is -2.15. The van der Waals surface area contributed by atoms with E-state index in [4.69, 9.17) is 16.3 Å². The van der Waals surface area contributed by atoms with Crippen LogP contribution in [0.1, 0.15) is 28.9 Å². The number of benzene rings is 2. The van der Waals surface area contributed by atoms with Crippen LogP contribution in [0.25, 0.3) is 0 Å². The molecule has 2 aromatic carbocycles. The highest BCUT2D eigenvalue weighted by atomic mass is 35.5. The molecule has 116 valence electrons. The van der Waals surface area contributed by atoms with Crippen molar-refractivity contribution in [3.8, 4) is 0 Å². The van der Waals surface area contributed by atoms with Crippen molar-refractivity contribution in [2.75, 3.05) is 6.26 Å². The summed E-state index contributed by atoms with van der Waals surface area (Å²) in [6, 6.07) is 12.7. The largest absolute Gasteiger partial charge is 0.454 e. The summed E-state index contributed by atoms with van der Waals surface area (Å²) < 4.78 is 28.1. The van der Waals surface area contributed by atoms with Crippen LogP contribution in [-0.2, 0) is 14.6 Å². The topological polar surface area (TPSA) is 60.4 Å². The van der Waals surface area contributed by atoms with E-state index in [1.807, 2.05) is 6.07 Å². The zero-order valence-electron chi connectivity index (χ0n) is 12.1. The van der Waals surface area contributed by atoms with Crippen LogP contribution in [-0.4, -0.2) is 20.6 Å². The third-order valence-electron chi connectivity index (χ3n) is 3.15. The number of ether oxygens (including phenoxy) is 1. The van der Waals surface area contributed by atoms with E-state index < -0.39 is 21.9 Å². The van der Waals surface area contributed by atoms with Crippen LogP contribution in [0.2, 0.25) is 5.02 Å². The van der Waals surface area contributed by atoms with Gasteiger partial charge >= 0.3 is 5.97 Å². The molecule has 0 unspecified atom stereocenters. The first-order valence-corrected chi connectivity index (χ1v) is 8.81. The van der Waals surface area contributed by atoms with Gasteiger partial charge in [0.25, 0.3) is 0 Å². The summed E-state index contributed by atoms with van der Waals surface area (Å²) in [4.78, 5) is 12.2. The fourth-order valence-corrected chi connectivity index (χ4v) is 2.85. The van der Waals surface area contributed by atoms with E-state index in [-0.39, 0.29) is 10.5 Å². The Hall–Kier alpha value is -1.85. The molecule has 1 atom stereocenters. The molecule has 0 aliphatic carbocycles.